The smallest absolute Gasteiger partial charge is 0.256 e. The highest BCUT2D eigenvalue weighted by Crippen LogP contribution is 2.34. The van der Waals surface area contributed by atoms with Gasteiger partial charge in [0.05, 0.1) is 18.4 Å². The molecule has 0 spiro atoms. The minimum atomic E-state index is -0.482. The molecule has 2 amide bonds. The molecule has 1 saturated heterocycles. The summed E-state index contributed by atoms with van der Waals surface area (Å²) >= 11 is 0. The number of furan rings is 1. The molecule has 8 heteroatoms. The van der Waals surface area contributed by atoms with E-state index >= 15 is 0 Å². The molecule has 5 rings (SSSR count). The second kappa shape index (κ2) is 8.69. The largest absolute Gasteiger partial charge is 0.486 e. The SMILES string of the molecule is Cc1cc(C(=O)N2CCCC2C(=O)NCc2ccco2)c(C)n1-c1ccc2c(c1)OCCO2. The van der Waals surface area contributed by atoms with Crippen molar-refractivity contribution in [2.45, 2.75) is 39.3 Å². The van der Waals surface area contributed by atoms with E-state index in [0.717, 1.165) is 29.2 Å². The number of aromatic nitrogens is 1. The van der Waals surface area contributed by atoms with Crippen molar-refractivity contribution in [3.8, 4) is 17.2 Å². The third kappa shape index (κ3) is 3.97. The second-order valence-electron chi connectivity index (χ2n) is 8.40. The summed E-state index contributed by atoms with van der Waals surface area (Å²) < 4.78 is 18.7. The molecule has 0 bridgehead atoms. The maximum atomic E-state index is 13.5. The van der Waals surface area contributed by atoms with Crippen molar-refractivity contribution in [2.75, 3.05) is 19.8 Å². The Balaban J connectivity index is 1.37. The molecule has 1 unspecified atom stereocenters. The average molecular weight is 450 g/mol. The van der Waals surface area contributed by atoms with Gasteiger partial charge in [-0.2, -0.15) is 0 Å². The molecule has 0 saturated carbocycles. The van der Waals surface area contributed by atoms with Crippen LogP contribution in [0.4, 0.5) is 0 Å². The van der Waals surface area contributed by atoms with Crippen LogP contribution >= 0.6 is 0 Å². The molecule has 2 aliphatic heterocycles. The summed E-state index contributed by atoms with van der Waals surface area (Å²) in [5.74, 6) is 1.83. The summed E-state index contributed by atoms with van der Waals surface area (Å²) in [6.45, 7) is 5.83. The van der Waals surface area contributed by atoms with E-state index in [9.17, 15) is 9.59 Å². The topological polar surface area (TPSA) is 85.9 Å². The van der Waals surface area contributed by atoms with Gasteiger partial charge in [0.1, 0.15) is 25.0 Å². The summed E-state index contributed by atoms with van der Waals surface area (Å²) in [6.07, 6.45) is 3.02. The molecule has 1 fully saturated rings. The third-order valence-corrected chi connectivity index (χ3v) is 6.28. The number of rotatable bonds is 5. The van der Waals surface area contributed by atoms with Crippen molar-refractivity contribution in [2.24, 2.45) is 0 Å². The molecule has 2 aliphatic rings. The number of fused-ring (bicyclic) bond motifs is 1. The number of aryl methyl sites for hydroxylation is 1. The summed E-state index contributed by atoms with van der Waals surface area (Å²) in [7, 11) is 0. The molecule has 3 aromatic rings. The quantitative estimate of drug-likeness (QED) is 0.646. The number of nitrogens with one attached hydrogen (secondary N) is 1. The van der Waals surface area contributed by atoms with Crippen LogP contribution < -0.4 is 14.8 Å². The Morgan fingerprint density at radius 1 is 1.09 bits per heavy atom. The van der Waals surface area contributed by atoms with Crippen LogP contribution in [0.15, 0.2) is 47.1 Å². The molecule has 33 heavy (non-hydrogen) atoms. The maximum Gasteiger partial charge on any atom is 0.256 e. The Bertz CT molecular complexity index is 1180. The number of carbonyl (C=O) groups is 2. The molecule has 172 valence electrons. The van der Waals surface area contributed by atoms with E-state index in [1.807, 2.05) is 48.7 Å². The number of ether oxygens (including phenoxy) is 2. The zero-order chi connectivity index (χ0) is 22.9. The van der Waals surface area contributed by atoms with Gasteiger partial charge >= 0.3 is 0 Å². The van der Waals surface area contributed by atoms with Crippen molar-refractivity contribution in [1.29, 1.82) is 0 Å². The van der Waals surface area contributed by atoms with Crippen LogP contribution in [0.5, 0.6) is 11.5 Å². The highest BCUT2D eigenvalue weighted by atomic mass is 16.6. The van der Waals surface area contributed by atoms with Crippen LogP contribution in [0.1, 0.15) is 40.3 Å². The fraction of sp³-hybridized carbons (Fsp3) is 0.360. The fourth-order valence-electron chi connectivity index (χ4n) is 4.69. The van der Waals surface area contributed by atoms with E-state index in [2.05, 4.69) is 5.32 Å². The van der Waals surface area contributed by atoms with E-state index in [1.54, 1.807) is 17.2 Å². The summed E-state index contributed by atoms with van der Waals surface area (Å²) in [4.78, 5) is 28.0. The van der Waals surface area contributed by atoms with Crippen molar-refractivity contribution in [3.63, 3.8) is 0 Å². The van der Waals surface area contributed by atoms with Crippen molar-refractivity contribution in [1.82, 2.24) is 14.8 Å². The Morgan fingerprint density at radius 3 is 2.70 bits per heavy atom. The number of nitrogens with zero attached hydrogens (tertiary/aromatic N) is 2. The molecular weight excluding hydrogens is 422 g/mol. The van der Waals surface area contributed by atoms with Gasteiger partial charge in [0, 0.05) is 29.7 Å². The van der Waals surface area contributed by atoms with Gasteiger partial charge in [-0.25, -0.2) is 0 Å². The molecule has 1 aromatic carbocycles. The van der Waals surface area contributed by atoms with Crippen LogP contribution in [0.25, 0.3) is 5.69 Å². The molecule has 0 aliphatic carbocycles. The van der Waals surface area contributed by atoms with Crippen molar-refractivity contribution >= 4 is 11.8 Å². The first-order chi connectivity index (χ1) is 16.0. The number of benzene rings is 1. The second-order valence-corrected chi connectivity index (χ2v) is 8.40. The standard InChI is InChI=1S/C25H27N3O5/c1-16-13-20(17(2)28(16)18-7-8-22-23(14-18)33-12-11-32-22)25(30)27-9-3-6-21(27)24(29)26-15-19-5-4-10-31-19/h4-5,7-8,10,13-14,21H,3,6,9,11-12,15H2,1-2H3,(H,26,29). The Labute approximate surface area is 192 Å². The van der Waals surface area contributed by atoms with Gasteiger partial charge in [0.2, 0.25) is 5.91 Å². The highest BCUT2D eigenvalue weighted by molar-refractivity contribution is 5.99. The number of amides is 2. The van der Waals surface area contributed by atoms with Gasteiger partial charge in [0.25, 0.3) is 5.91 Å². The Hall–Kier alpha value is -3.68. The number of likely N-dealkylation sites (tertiary alicyclic amines) is 1. The van der Waals surface area contributed by atoms with Crippen LogP contribution in [0, 0.1) is 13.8 Å². The monoisotopic (exact) mass is 449 g/mol. The lowest BCUT2D eigenvalue weighted by Crippen LogP contribution is -2.45. The normalized spacial score (nSPS) is 17.3. The zero-order valence-corrected chi connectivity index (χ0v) is 18.8. The zero-order valence-electron chi connectivity index (χ0n) is 18.8. The lowest BCUT2D eigenvalue weighted by atomic mass is 10.1. The van der Waals surface area contributed by atoms with Crippen LogP contribution in [0.3, 0.4) is 0 Å². The van der Waals surface area contributed by atoms with Gasteiger partial charge in [-0.15, -0.1) is 0 Å². The van der Waals surface area contributed by atoms with E-state index in [-0.39, 0.29) is 11.8 Å². The first-order valence-electron chi connectivity index (χ1n) is 11.2. The molecular formula is C25H27N3O5. The molecule has 0 radical (unpaired) electrons. The number of carbonyl (C=O) groups excluding carboxylic acids is 2. The average Bonchev–Trinajstić information content (AvgIpc) is 3.57. The van der Waals surface area contributed by atoms with Crippen molar-refractivity contribution in [3.05, 3.63) is 65.4 Å². The molecule has 4 heterocycles. The van der Waals surface area contributed by atoms with E-state index < -0.39 is 6.04 Å². The minimum Gasteiger partial charge on any atom is -0.486 e. The molecule has 2 aromatic heterocycles. The molecule has 8 nitrogen and oxygen atoms in total. The van der Waals surface area contributed by atoms with Gasteiger partial charge < -0.3 is 28.7 Å². The lowest BCUT2D eigenvalue weighted by Gasteiger charge is -2.24. The molecule has 1 atom stereocenters. The highest BCUT2D eigenvalue weighted by Gasteiger charge is 2.35. The van der Waals surface area contributed by atoms with Gasteiger partial charge in [-0.05, 0) is 57.0 Å². The lowest BCUT2D eigenvalue weighted by molar-refractivity contribution is -0.125. The van der Waals surface area contributed by atoms with Gasteiger partial charge in [-0.3, -0.25) is 9.59 Å². The fourth-order valence-corrected chi connectivity index (χ4v) is 4.69. The number of hydrogen-bond acceptors (Lipinski definition) is 5. The Morgan fingerprint density at radius 2 is 1.91 bits per heavy atom. The number of hydrogen-bond donors (Lipinski definition) is 1. The van der Waals surface area contributed by atoms with E-state index in [4.69, 9.17) is 13.9 Å². The third-order valence-electron chi connectivity index (χ3n) is 6.28. The first kappa shape index (κ1) is 21.2. The van der Waals surface area contributed by atoms with Gasteiger partial charge in [-0.1, -0.05) is 0 Å². The summed E-state index contributed by atoms with van der Waals surface area (Å²) in [5, 5.41) is 2.89. The maximum absolute atomic E-state index is 13.5. The van der Waals surface area contributed by atoms with Crippen LogP contribution in [0.2, 0.25) is 0 Å². The van der Waals surface area contributed by atoms with Crippen LogP contribution in [-0.4, -0.2) is 47.1 Å². The van der Waals surface area contributed by atoms with Crippen molar-refractivity contribution < 1.29 is 23.5 Å². The van der Waals surface area contributed by atoms with E-state index in [0.29, 0.717) is 49.8 Å². The predicted octanol–water partition coefficient (Wildman–Crippen LogP) is 3.38. The predicted molar refractivity (Wildman–Crippen MR) is 121 cm³/mol. The summed E-state index contributed by atoms with van der Waals surface area (Å²) in [6, 6.07) is 10.8. The summed E-state index contributed by atoms with van der Waals surface area (Å²) in [5.41, 5.74) is 3.27. The molecule has 1 N–H and O–H groups in total. The van der Waals surface area contributed by atoms with Crippen LogP contribution in [-0.2, 0) is 11.3 Å². The van der Waals surface area contributed by atoms with E-state index in [1.165, 1.54) is 0 Å². The van der Waals surface area contributed by atoms with Gasteiger partial charge in [0.15, 0.2) is 11.5 Å². The Kier molecular flexibility index (Phi) is 5.58. The minimum absolute atomic E-state index is 0.123. The first-order valence-corrected chi connectivity index (χ1v) is 11.2.